The Kier molecular flexibility index (Phi) is 5.44. The Morgan fingerprint density at radius 1 is 1.18 bits per heavy atom. The Labute approximate surface area is 103 Å². The van der Waals surface area contributed by atoms with E-state index < -0.39 is 10.0 Å². The van der Waals surface area contributed by atoms with Crippen molar-refractivity contribution in [1.29, 1.82) is 0 Å². The van der Waals surface area contributed by atoms with Crippen molar-refractivity contribution in [1.82, 2.24) is 4.72 Å². The van der Waals surface area contributed by atoms with Gasteiger partial charge in [0, 0.05) is 6.54 Å². The molecule has 0 aromatic heterocycles. The highest BCUT2D eigenvalue weighted by Crippen LogP contribution is 2.12. The topological polar surface area (TPSA) is 55.4 Å². The monoisotopic (exact) mass is 257 g/mol. The summed E-state index contributed by atoms with van der Waals surface area (Å²) < 4.78 is 30.3. The zero-order valence-electron chi connectivity index (χ0n) is 10.3. The van der Waals surface area contributed by atoms with Crippen LogP contribution in [0.1, 0.15) is 19.4 Å². The molecule has 0 saturated heterocycles. The van der Waals surface area contributed by atoms with Gasteiger partial charge in [-0.25, -0.2) is 13.1 Å². The van der Waals surface area contributed by atoms with Crippen molar-refractivity contribution in [2.24, 2.45) is 0 Å². The van der Waals surface area contributed by atoms with Crippen molar-refractivity contribution < 1.29 is 13.2 Å². The fourth-order valence-electron chi connectivity index (χ4n) is 1.37. The van der Waals surface area contributed by atoms with E-state index in [0.717, 1.165) is 11.3 Å². The van der Waals surface area contributed by atoms with Crippen LogP contribution in [0.15, 0.2) is 24.3 Å². The lowest BCUT2D eigenvalue weighted by Crippen LogP contribution is -2.27. The van der Waals surface area contributed by atoms with Crippen molar-refractivity contribution in [3.05, 3.63) is 29.8 Å². The van der Waals surface area contributed by atoms with Crippen molar-refractivity contribution in [2.45, 2.75) is 20.3 Å². The first kappa shape index (κ1) is 14.0. The molecular formula is C12H19NO3S. The Balaban J connectivity index is 2.42. The van der Waals surface area contributed by atoms with Crippen LogP contribution in [0.3, 0.4) is 0 Å². The highest BCUT2D eigenvalue weighted by Gasteiger charge is 2.04. The predicted molar refractivity (Wildman–Crippen MR) is 68.8 cm³/mol. The van der Waals surface area contributed by atoms with Gasteiger partial charge in [0.25, 0.3) is 0 Å². The van der Waals surface area contributed by atoms with E-state index in [9.17, 15) is 8.42 Å². The number of nitrogens with one attached hydrogen (secondary N) is 1. The molecule has 0 spiro atoms. The fourth-order valence-corrected chi connectivity index (χ4v) is 1.99. The molecule has 0 atom stereocenters. The summed E-state index contributed by atoms with van der Waals surface area (Å²) >= 11 is 0. The number of hydrogen-bond acceptors (Lipinski definition) is 3. The summed E-state index contributed by atoms with van der Waals surface area (Å²) in [6.45, 7) is 4.65. The van der Waals surface area contributed by atoms with Crippen LogP contribution in [-0.4, -0.2) is 27.3 Å². The molecule has 1 rings (SSSR count). The smallest absolute Gasteiger partial charge is 0.211 e. The molecule has 0 aliphatic heterocycles. The van der Waals surface area contributed by atoms with Crippen LogP contribution in [0.5, 0.6) is 5.75 Å². The number of benzene rings is 1. The second kappa shape index (κ2) is 6.61. The summed E-state index contributed by atoms with van der Waals surface area (Å²) in [4.78, 5) is 0. The Hall–Kier alpha value is -1.07. The minimum Gasteiger partial charge on any atom is -0.494 e. The van der Waals surface area contributed by atoms with E-state index in [1.807, 2.05) is 31.2 Å². The lowest BCUT2D eigenvalue weighted by Gasteiger charge is -2.06. The predicted octanol–water partition coefficient (Wildman–Crippen LogP) is 1.57. The van der Waals surface area contributed by atoms with Crippen LogP contribution >= 0.6 is 0 Å². The van der Waals surface area contributed by atoms with Gasteiger partial charge >= 0.3 is 0 Å². The van der Waals surface area contributed by atoms with Gasteiger partial charge in [0.2, 0.25) is 10.0 Å². The molecule has 1 aromatic rings. The first-order chi connectivity index (χ1) is 8.07. The van der Waals surface area contributed by atoms with E-state index >= 15 is 0 Å². The van der Waals surface area contributed by atoms with Gasteiger partial charge in [-0.1, -0.05) is 12.1 Å². The van der Waals surface area contributed by atoms with Crippen molar-refractivity contribution in [3.8, 4) is 5.75 Å². The average molecular weight is 257 g/mol. The van der Waals surface area contributed by atoms with E-state index in [4.69, 9.17) is 4.74 Å². The molecule has 17 heavy (non-hydrogen) atoms. The van der Waals surface area contributed by atoms with Gasteiger partial charge in [0.15, 0.2) is 0 Å². The number of rotatable bonds is 7. The highest BCUT2D eigenvalue weighted by molar-refractivity contribution is 7.89. The van der Waals surface area contributed by atoms with Gasteiger partial charge in [-0.15, -0.1) is 0 Å². The van der Waals surface area contributed by atoms with Gasteiger partial charge < -0.3 is 4.74 Å². The van der Waals surface area contributed by atoms with Crippen LogP contribution in [0.25, 0.3) is 0 Å². The summed E-state index contributed by atoms with van der Waals surface area (Å²) in [7, 11) is -3.08. The molecule has 0 bridgehead atoms. The summed E-state index contributed by atoms with van der Waals surface area (Å²) in [6, 6.07) is 7.69. The Morgan fingerprint density at radius 2 is 1.82 bits per heavy atom. The lowest BCUT2D eigenvalue weighted by atomic mass is 10.1. The van der Waals surface area contributed by atoms with Crippen LogP contribution in [0.2, 0.25) is 0 Å². The molecule has 0 radical (unpaired) electrons. The molecule has 0 saturated carbocycles. The first-order valence-corrected chi connectivity index (χ1v) is 7.41. The van der Waals surface area contributed by atoms with Gasteiger partial charge in [-0.05, 0) is 38.0 Å². The first-order valence-electron chi connectivity index (χ1n) is 5.76. The molecule has 5 heteroatoms. The van der Waals surface area contributed by atoms with E-state index in [0.29, 0.717) is 19.6 Å². The van der Waals surface area contributed by atoms with E-state index in [1.165, 1.54) is 0 Å². The number of sulfonamides is 1. The fraction of sp³-hybridized carbons (Fsp3) is 0.500. The molecule has 1 N–H and O–H groups in total. The summed E-state index contributed by atoms with van der Waals surface area (Å²) in [5.41, 5.74) is 1.09. The maximum atomic E-state index is 11.2. The third-order valence-corrected chi connectivity index (χ3v) is 3.75. The second-order valence-corrected chi connectivity index (χ2v) is 5.72. The van der Waals surface area contributed by atoms with Crippen LogP contribution in [0, 0.1) is 0 Å². The molecule has 0 unspecified atom stereocenters. The quantitative estimate of drug-likeness (QED) is 0.806. The summed E-state index contributed by atoms with van der Waals surface area (Å²) in [6.07, 6.45) is 0.686. The van der Waals surface area contributed by atoms with Crippen LogP contribution < -0.4 is 9.46 Å². The maximum Gasteiger partial charge on any atom is 0.211 e. The molecule has 0 aliphatic rings. The van der Waals surface area contributed by atoms with Crippen molar-refractivity contribution >= 4 is 10.0 Å². The third kappa shape index (κ3) is 5.19. The minimum atomic E-state index is -3.08. The van der Waals surface area contributed by atoms with Crippen LogP contribution in [0.4, 0.5) is 0 Å². The molecular weight excluding hydrogens is 238 g/mol. The third-order valence-electron chi connectivity index (χ3n) is 2.35. The van der Waals surface area contributed by atoms with Crippen LogP contribution in [-0.2, 0) is 16.4 Å². The molecule has 4 nitrogen and oxygen atoms in total. The summed E-state index contributed by atoms with van der Waals surface area (Å²) in [5.74, 6) is 0.960. The molecule has 0 heterocycles. The SMILES string of the molecule is CCOc1ccc(CCNS(=O)(=O)CC)cc1. The Morgan fingerprint density at radius 3 is 2.35 bits per heavy atom. The largest absolute Gasteiger partial charge is 0.494 e. The zero-order valence-corrected chi connectivity index (χ0v) is 11.1. The second-order valence-electron chi connectivity index (χ2n) is 3.62. The maximum absolute atomic E-state index is 11.2. The average Bonchev–Trinajstić information content (AvgIpc) is 2.32. The molecule has 96 valence electrons. The molecule has 1 aromatic carbocycles. The zero-order chi connectivity index (χ0) is 12.7. The van der Waals surface area contributed by atoms with E-state index in [1.54, 1.807) is 6.92 Å². The van der Waals surface area contributed by atoms with Gasteiger partial charge in [0.05, 0.1) is 12.4 Å². The molecule has 0 amide bonds. The number of ether oxygens (including phenoxy) is 1. The van der Waals surface area contributed by atoms with Gasteiger partial charge in [-0.2, -0.15) is 0 Å². The molecule has 0 aliphatic carbocycles. The van der Waals surface area contributed by atoms with E-state index in [2.05, 4.69) is 4.72 Å². The lowest BCUT2D eigenvalue weighted by molar-refractivity contribution is 0.340. The molecule has 0 fully saturated rings. The van der Waals surface area contributed by atoms with Crippen molar-refractivity contribution in [3.63, 3.8) is 0 Å². The van der Waals surface area contributed by atoms with Gasteiger partial charge in [-0.3, -0.25) is 0 Å². The number of hydrogen-bond donors (Lipinski definition) is 1. The minimum absolute atomic E-state index is 0.121. The van der Waals surface area contributed by atoms with Crippen molar-refractivity contribution in [2.75, 3.05) is 18.9 Å². The highest BCUT2D eigenvalue weighted by atomic mass is 32.2. The normalized spacial score (nSPS) is 11.4. The Bertz CT molecular complexity index is 426. The van der Waals surface area contributed by atoms with E-state index in [-0.39, 0.29) is 5.75 Å². The van der Waals surface area contributed by atoms with Gasteiger partial charge in [0.1, 0.15) is 5.75 Å². The summed E-state index contributed by atoms with van der Waals surface area (Å²) in [5, 5.41) is 0. The standard InChI is InChI=1S/C12H19NO3S/c1-3-16-12-7-5-11(6-8-12)9-10-13-17(14,15)4-2/h5-8,13H,3-4,9-10H2,1-2H3.